The zero-order valence-corrected chi connectivity index (χ0v) is 14.5. The van der Waals surface area contributed by atoms with Crippen molar-refractivity contribution in [3.8, 4) is 11.4 Å². The Morgan fingerprint density at radius 2 is 2.20 bits per heavy atom. The molecule has 1 saturated heterocycles. The molecule has 0 radical (unpaired) electrons. The fourth-order valence-electron chi connectivity index (χ4n) is 3.02. The van der Waals surface area contributed by atoms with Crippen LogP contribution in [0.4, 0.5) is 0 Å². The van der Waals surface area contributed by atoms with Crippen molar-refractivity contribution in [2.75, 3.05) is 26.2 Å². The predicted molar refractivity (Wildman–Crippen MR) is 95.2 cm³/mol. The van der Waals surface area contributed by atoms with Gasteiger partial charge in [-0.05, 0) is 44.9 Å². The van der Waals surface area contributed by atoms with Gasteiger partial charge in [-0.15, -0.1) is 0 Å². The van der Waals surface area contributed by atoms with Crippen LogP contribution < -0.4 is 5.32 Å². The minimum absolute atomic E-state index is 0.0804. The van der Waals surface area contributed by atoms with E-state index < -0.39 is 0 Å². The van der Waals surface area contributed by atoms with E-state index in [2.05, 4.69) is 25.4 Å². The number of aryl methyl sites for hydroxylation is 1. The lowest BCUT2D eigenvalue weighted by atomic mass is 10.1. The monoisotopic (exact) mass is 343 g/mol. The Kier molecular flexibility index (Phi) is 5.78. The summed E-state index contributed by atoms with van der Waals surface area (Å²) in [5, 5.41) is 19.4. The summed E-state index contributed by atoms with van der Waals surface area (Å²) in [6.45, 7) is 5.31. The number of hydrogen-bond acceptors (Lipinski definition) is 5. The molecule has 7 nitrogen and oxygen atoms in total. The third-order valence-corrected chi connectivity index (χ3v) is 4.47. The van der Waals surface area contributed by atoms with Crippen LogP contribution in [0, 0.1) is 6.92 Å². The number of carbonyl (C=O) groups is 1. The number of amides is 1. The van der Waals surface area contributed by atoms with E-state index in [0.717, 1.165) is 50.3 Å². The Bertz CT molecular complexity index is 707. The van der Waals surface area contributed by atoms with Gasteiger partial charge in [0.2, 0.25) is 0 Å². The highest BCUT2D eigenvalue weighted by molar-refractivity contribution is 5.95. The normalized spacial score (nSPS) is 16.1. The summed E-state index contributed by atoms with van der Waals surface area (Å²) in [4.78, 5) is 19.0. The SMILES string of the molecule is Cc1nc(-c2cccc(C(=O)NCCCN3CCC(O)CC3)c2)n[nH]1. The topological polar surface area (TPSA) is 94.1 Å². The van der Waals surface area contributed by atoms with E-state index in [-0.39, 0.29) is 12.0 Å². The van der Waals surface area contributed by atoms with Gasteiger partial charge in [0.1, 0.15) is 5.82 Å². The summed E-state index contributed by atoms with van der Waals surface area (Å²) in [5.74, 6) is 1.26. The summed E-state index contributed by atoms with van der Waals surface area (Å²) in [6.07, 6.45) is 2.46. The molecule has 0 atom stereocenters. The van der Waals surface area contributed by atoms with Crippen LogP contribution in [0.2, 0.25) is 0 Å². The molecule has 2 aromatic rings. The highest BCUT2D eigenvalue weighted by atomic mass is 16.3. The molecule has 1 aliphatic heterocycles. The number of rotatable bonds is 6. The van der Waals surface area contributed by atoms with Crippen LogP contribution in [0.25, 0.3) is 11.4 Å². The number of aromatic amines is 1. The van der Waals surface area contributed by atoms with Crippen LogP contribution in [0.1, 0.15) is 35.4 Å². The molecule has 2 heterocycles. The van der Waals surface area contributed by atoms with Crippen LogP contribution in [0.5, 0.6) is 0 Å². The number of aromatic nitrogens is 3. The maximum Gasteiger partial charge on any atom is 0.251 e. The Morgan fingerprint density at radius 3 is 2.92 bits per heavy atom. The fourth-order valence-corrected chi connectivity index (χ4v) is 3.02. The van der Waals surface area contributed by atoms with Gasteiger partial charge in [0.15, 0.2) is 5.82 Å². The van der Waals surface area contributed by atoms with E-state index in [1.807, 2.05) is 25.1 Å². The Labute approximate surface area is 147 Å². The highest BCUT2D eigenvalue weighted by Gasteiger charge is 2.16. The fraction of sp³-hybridized carbons (Fsp3) is 0.500. The van der Waals surface area contributed by atoms with Gasteiger partial charge >= 0.3 is 0 Å². The molecule has 1 aromatic carbocycles. The first-order valence-electron chi connectivity index (χ1n) is 8.80. The molecule has 3 rings (SSSR count). The summed E-state index contributed by atoms with van der Waals surface area (Å²) in [6, 6.07) is 7.34. The van der Waals surface area contributed by atoms with Crippen molar-refractivity contribution in [3.05, 3.63) is 35.7 Å². The molecule has 1 aromatic heterocycles. The first-order valence-corrected chi connectivity index (χ1v) is 8.80. The Morgan fingerprint density at radius 1 is 1.40 bits per heavy atom. The maximum atomic E-state index is 12.3. The van der Waals surface area contributed by atoms with Gasteiger partial charge in [0, 0.05) is 30.8 Å². The quantitative estimate of drug-likeness (QED) is 0.689. The minimum atomic E-state index is -0.143. The number of likely N-dealkylation sites (tertiary alicyclic amines) is 1. The lowest BCUT2D eigenvalue weighted by Gasteiger charge is -2.29. The second-order valence-corrected chi connectivity index (χ2v) is 6.51. The second-order valence-electron chi connectivity index (χ2n) is 6.51. The molecule has 7 heteroatoms. The molecule has 25 heavy (non-hydrogen) atoms. The largest absolute Gasteiger partial charge is 0.393 e. The Hall–Kier alpha value is -2.25. The summed E-state index contributed by atoms with van der Waals surface area (Å²) in [7, 11) is 0. The van der Waals surface area contributed by atoms with E-state index in [0.29, 0.717) is 17.9 Å². The molecule has 0 unspecified atom stereocenters. The highest BCUT2D eigenvalue weighted by Crippen LogP contribution is 2.16. The van der Waals surface area contributed by atoms with Gasteiger partial charge in [-0.3, -0.25) is 9.89 Å². The molecule has 0 saturated carbocycles. The number of piperidine rings is 1. The summed E-state index contributed by atoms with van der Waals surface area (Å²) >= 11 is 0. The summed E-state index contributed by atoms with van der Waals surface area (Å²) in [5.41, 5.74) is 1.44. The molecule has 1 aliphatic rings. The zero-order chi connectivity index (χ0) is 17.6. The van der Waals surface area contributed by atoms with Crippen molar-refractivity contribution < 1.29 is 9.90 Å². The summed E-state index contributed by atoms with van der Waals surface area (Å²) < 4.78 is 0. The molecule has 3 N–H and O–H groups in total. The van der Waals surface area contributed by atoms with E-state index >= 15 is 0 Å². The average Bonchev–Trinajstić information content (AvgIpc) is 3.07. The predicted octanol–water partition coefficient (Wildman–Crippen LogP) is 1.36. The molecular formula is C18H25N5O2. The average molecular weight is 343 g/mol. The van der Waals surface area contributed by atoms with Crippen molar-refractivity contribution in [3.63, 3.8) is 0 Å². The van der Waals surface area contributed by atoms with Gasteiger partial charge < -0.3 is 15.3 Å². The molecule has 0 spiro atoms. The number of benzene rings is 1. The van der Waals surface area contributed by atoms with Crippen LogP contribution in [0.3, 0.4) is 0 Å². The van der Waals surface area contributed by atoms with E-state index in [1.165, 1.54) is 0 Å². The molecule has 1 amide bonds. The van der Waals surface area contributed by atoms with Crippen LogP contribution >= 0.6 is 0 Å². The third kappa shape index (κ3) is 4.87. The lowest BCUT2D eigenvalue weighted by Crippen LogP contribution is -2.37. The van der Waals surface area contributed by atoms with Crippen molar-refractivity contribution in [1.82, 2.24) is 25.4 Å². The van der Waals surface area contributed by atoms with Gasteiger partial charge in [0.05, 0.1) is 6.10 Å². The minimum Gasteiger partial charge on any atom is -0.393 e. The molecule has 0 aliphatic carbocycles. The van der Waals surface area contributed by atoms with Gasteiger partial charge in [-0.2, -0.15) is 5.10 Å². The van der Waals surface area contributed by atoms with Gasteiger partial charge in [0.25, 0.3) is 5.91 Å². The molecule has 0 bridgehead atoms. The number of aliphatic hydroxyl groups excluding tert-OH is 1. The number of aliphatic hydroxyl groups is 1. The standard InChI is InChI=1S/C18H25N5O2/c1-13-20-17(22-21-13)14-4-2-5-15(12-14)18(25)19-8-3-9-23-10-6-16(24)7-11-23/h2,4-5,12,16,24H,3,6-11H2,1H3,(H,19,25)(H,20,21,22). The molecular weight excluding hydrogens is 318 g/mol. The van der Waals surface area contributed by atoms with Crippen molar-refractivity contribution in [1.29, 1.82) is 0 Å². The number of hydrogen-bond donors (Lipinski definition) is 3. The maximum absolute atomic E-state index is 12.3. The first-order chi connectivity index (χ1) is 12.1. The van der Waals surface area contributed by atoms with Crippen LogP contribution in [-0.4, -0.2) is 63.4 Å². The van der Waals surface area contributed by atoms with Crippen molar-refractivity contribution in [2.24, 2.45) is 0 Å². The smallest absolute Gasteiger partial charge is 0.251 e. The third-order valence-electron chi connectivity index (χ3n) is 4.47. The molecule has 1 fully saturated rings. The first kappa shape index (κ1) is 17.6. The number of nitrogens with one attached hydrogen (secondary N) is 2. The number of carbonyl (C=O) groups excluding carboxylic acids is 1. The van der Waals surface area contributed by atoms with E-state index in [4.69, 9.17) is 0 Å². The van der Waals surface area contributed by atoms with Crippen molar-refractivity contribution in [2.45, 2.75) is 32.3 Å². The van der Waals surface area contributed by atoms with Crippen molar-refractivity contribution >= 4 is 5.91 Å². The number of nitrogens with zero attached hydrogens (tertiary/aromatic N) is 3. The lowest BCUT2D eigenvalue weighted by molar-refractivity contribution is 0.0816. The zero-order valence-electron chi connectivity index (χ0n) is 14.5. The second kappa shape index (κ2) is 8.22. The van der Waals surface area contributed by atoms with E-state index in [1.54, 1.807) is 6.07 Å². The molecule has 134 valence electrons. The van der Waals surface area contributed by atoms with Gasteiger partial charge in [-0.25, -0.2) is 4.98 Å². The van der Waals surface area contributed by atoms with Crippen LogP contribution in [0.15, 0.2) is 24.3 Å². The number of H-pyrrole nitrogens is 1. The van der Waals surface area contributed by atoms with Gasteiger partial charge in [-0.1, -0.05) is 12.1 Å². The van der Waals surface area contributed by atoms with E-state index in [9.17, 15) is 9.90 Å². The van der Waals surface area contributed by atoms with Crippen LogP contribution in [-0.2, 0) is 0 Å². The Balaban J connectivity index is 1.47.